The normalized spacial score (nSPS) is 25.7. The Morgan fingerprint density at radius 3 is 2.67 bits per heavy atom. The van der Waals surface area contributed by atoms with Gasteiger partial charge in [0, 0.05) is 42.1 Å². The zero-order chi connectivity index (χ0) is 22.4. The van der Waals surface area contributed by atoms with Crippen LogP contribution in [0.3, 0.4) is 0 Å². The molecular weight excluding hydrogens is 408 g/mol. The van der Waals surface area contributed by atoms with Crippen molar-refractivity contribution in [2.45, 2.75) is 69.6 Å². The summed E-state index contributed by atoms with van der Waals surface area (Å²) < 4.78 is 8.41. The number of ether oxygens (including phenoxy) is 1. The Balaban J connectivity index is 1.28. The standard InChI is InChI=1S/C29H34N2O2/c1-30-18-22(29(32)33-23-11-6-3-7-12-23)15-25-24-13-8-14-26-28(24)21(16-27(25)30)19-31(26)17-20-9-4-2-5-10-20/h2,4-5,8-10,13-14,19,22-23,25,27H,3,6-7,11-12,15-18H2,1H3/t22-,25?,27?/m1/s1. The first-order valence-electron chi connectivity index (χ1n) is 12.7. The number of nitrogens with zero attached hydrogens (tertiary/aromatic N) is 2. The predicted molar refractivity (Wildman–Crippen MR) is 131 cm³/mol. The minimum atomic E-state index is -0.0265. The lowest BCUT2D eigenvalue weighted by Gasteiger charge is -2.45. The second-order valence-corrected chi connectivity index (χ2v) is 10.5. The van der Waals surface area contributed by atoms with Crippen molar-refractivity contribution in [3.8, 4) is 0 Å². The Hall–Kier alpha value is -2.59. The molecule has 172 valence electrons. The SMILES string of the molecule is CN1C[C@H](C(=O)OC2CCCCC2)CC2c3cccc4c3c(cn4Cc3ccccc3)CC21. The van der Waals surface area contributed by atoms with Crippen molar-refractivity contribution in [1.82, 2.24) is 9.47 Å². The van der Waals surface area contributed by atoms with Crippen LogP contribution in [0.25, 0.3) is 10.9 Å². The molecule has 0 N–H and O–H groups in total. The smallest absolute Gasteiger partial charge is 0.310 e. The lowest BCUT2D eigenvalue weighted by atomic mass is 9.72. The second kappa shape index (κ2) is 8.64. The molecular formula is C29H34N2O2. The molecule has 2 unspecified atom stereocenters. The molecule has 4 nitrogen and oxygen atoms in total. The van der Waals surface area contributed by atoms with Gasteiger partial charge in [0.2, 0.25) is 0 Å². The lowest BCUT2D eigenvalue weighted by Crippen LogP contribution is -2.50. The molecule has 1 aliphatic heterocycles. The molecule has 0 amide bonds. The molecule has 3 aliphatic rings. The Morgan fingerprint density at radius 1 is 1.03 bits per heavy atom. The van der Waals surface area contributed by atoms with Crippen LogP contribution in [-0.2, 0) is 22.5 Å². The summed E-state index contributed by atoms with van der Waals surface area (Å²) >= 11 is 0. The molecule has 0 spiro atoms. The van der Waals surface area contributed by atoms with Crippen LogP contribution in [0.2, 0.25) is 0 Å². The summed E-state index contributed by atoms with van der Waals surface area (Å²) in [5.74, 6) is 0.393. The highest BCUT2D eigenvalue weighted by atomic mass is 16.5. The summed E-state index contributed by atoms with van der Waals surface area (Å²) in [6.07, 6.45) is 10.2. The van der Waals surface area contributed by atoms with Gasteiger partial charge in [-0.05, 0) is 68.3 Å². The van der Waals surface area contributed by atoms with Gasteiger partial charge in [0.25, 0.3) is 0 Å². The topological polar surface area (TPSA) is 34.5 Å². The molecule has 3 aromatic rings. The molecule has 3 atom stereocenters. The van der Waals surface area contributed by atoms with Crippen LogP contribution in [-0.4, -0.2) is 41.2 Å². The summed E-state index contributed by atoms with van der Waals surface area (Å²) in [4.78, 5) is 15.6. The van der Waals surface area contributed by atoms with Gasteiger partial charge >= 0.3 is 5.97 Å². The first kappa shape index (κ1) is 21.0. The summed E-state index contributed by atoms with van der Waals surface area (Å²) in [6, 6.07) is 17.9. The van der Waals surface area contributed by atoms with E-state index in [2.05, 4.69) is 71.2 Å². The number of esters is 1. The van der Waals surface area contributed by atoms with Crippen LogP contribution >= 0.6 is 0 Å². The average molecular weight is 443 g/mol. The van der Waals surface area contributed by atoms with Gasteiger partial charge in [0.1, 0.15) is 6.10 Å². The Bertz CT molecular complexity index is 1150. The molecule has 2 fully saturated rings. The van der Waals surface area contributed by atoms with E-state index in [-0.39, 0.29) is 18.0 Å². The van der Waals surface area contributed by atoms with Crippen molar-refractivity contribution in [3.05, 3.63) is 71.4 Å². The van der Waals surface area contributed by atoms with Crippen molar-refractivity contribution in [1.29, 1.82) is 0 Å². The van der Waals surface area contributed by atoms with Gasteiger partial charge in [0.05, 0.1) is 5.92 Å². The third-order valence-corrected chi connectivity index (χ3v) is 8.29. The fourth-order valence-corrected chi connectivity index (χ4v) is 6.64. The molecule has 33 heavy (non-hydrogen) atoms. The van der Waals surface area contributed by atoms with Gasteiger partial charge in [0.15, 0.2) is 0 Å². The zero-order valence-electron chi connectivity index (χ0n) is 19.6. The van der Waals surface area contributed by atoms with Crippen molar-refractivity contribution >= 4 is 16.9 Å². The third kappa shape index (κ3) is 3.89. The molecule has 2 heterocycles. The van der Waals surface area contributed by atoms with Gasteiger partial charge in [-0.1, -0.05) is 48.9 Å². The van der Waals surface area contributed by atoms with E-state index in [4.69, 9.17) is 4.74 Å². The molecule has 1 aromatic heterocycles. The van der Waals surface area contributed by atoms with Gasteiger partial charge in [-0.25, -0.2) is 0 Å². The van der Waals surface area contributed by atoms with Gasteiger partial charge < -0.3 is 14.2 Å². The maximum Gasteiger partial charge on any atom is 0.310 e. The minimum Gasteiger partial charge on any atom is -0.462 e. The molecule has 0 bridgehead atoms. The van der Waals surface area contributed by atoms with Gasteiger partial charge in [-0.2, -0.15) is 0 Å². The number of benzene rings is 2. The summed E-state index contributed by atoms with van der Waals surface area (Å²) in [6.45, 7) is 1.70. The van der Waals surface area contributed by atoms with E-state index in [0.29, 0.717) is 12.0 Å². The number of likely N-dealkylation sites (tertiary alicyclic amines) is 1. The zero-order valence-corrected chi connectivity index (χ0v) is 19.6. The Kier molecular flexibility index (Phi) is 5.49. The average Bonchev–Trinajstić information content (AvgIpc) is 3.19. The van der Waals surface area contributed by atoms with E-state index >= 15 is 0 Å². The molecule has 2 aromatic carbocycles. The molecule has 0 radical (unpaired) electrons. The highest BCUT2D eigenvalue weighted by molar-refractivity contribution is 5.89. The fourth-order valence-electron chi connectivity index (χ4n) is 6.64. The van der Waals surface area contributed by atoms with Crippen LogP contribution in [0, 0.1) is 5.92 Å². The minimum absolute atomic E-state index is 0.0265. The van der Waals surface area contributed by atoms with E-state index in [9.17, 15) is 4.79 Å². The monoisotopic (exact) mass is 442 g/mol. The van der Waals surface area contributed by atoms with Crippen molar-refractivity contribution in [2.24, 2.45) is 5.92 Å². The van der Waals surface area contributed by atoms with Gasteiger partial charge in [-0.3, -0.25) is 4.79 Å². The maximum atomic E-state index is 13.1. The number of hydrogen-bond donors (Lipinski definition) is 0. The van der Waals surface area contributed by atoms with Crippen LogP contribution in [0.4, 0.5) is 0 Å². The van der Waals surface area contributed by atoms with Crippen LogP contribution in [0.1, 0.15) is 61.1 Å². The fraction of sp³-hybridized carbons (Fsp3) is 0.483. The number of carbonyl (C=O) groups is 1. The number of aromatic nitrogens is 1. The molecule has 6 rings (SSSR count). The number of rotatable bonds is 4. The van der Waals surface area contributed by atoms with Crippen molar-refractivity contribution in [3.63, 3.8) is 0 Å². The lowest BCUT2D eigenvalue weighted by molar-refractivity contribution is -0.158. The largest absolute Gasteiger partial charge is 0.462 e. The van der Waals surface area contributed by atoms with E-state index < -0.39 is 0 Å². The number of fused-ring (bicyclic) bond motifs is 2. The van der Waals surface area contributed by atoms with E-state index in [1.54, 1.807) is 0 Å². The molecule has 4 heteroatoms. The summed E-state index contributed by atoms with van der Waals surface area (Å²) in [7, 11) is 2.20. The first-order chi connectivity index (χ1) is 16.2. The molecule has 1 saturated carbocycles. The Morgan fingerprint density at radius 2 is 1.85 bits per heavy atom. The second-order valence-electron chi connectivity index (χ2n) is 10.5. The highest BCUT2D eigenvalue weighted by Gasteiger charge is 2.42. The van der Waals surface area contributed by atoms with Crippen LogP contribution < -0.4 is 0 Å². The predicted octanol–water partition coefficient (Wildman–Crippen LogP) is 5.53. The van der Waals surface area contributed by atoms with Crippen LogP contribution in [0.15, 0.2) is 54.7 Å². The Labute approximate surface area is 196 Å². The summed E-state index contributed by atoms with van der Waals surface area (Å²) in [5.41, 5.74) is 5.52. The number of piperidine rings is 1. The van der Waals surface area contributed by atoms with Gasteiger partial charge in [-0.15, -0.1) is 0 Å². The molecule has 2 aliphatic carbocycles. The quantitative estimate of drug-likeness (QED) is 0.499. The maximum absolute atomic E-state index is 13.1. The highest BCUT2D eigenvalue weighted by Crippen LogP contribution is 2.45. The number of carbonyl (C=O) groups excluding carboxylic acids is 1. The first-order valence-corrected chi connectivity index (χ1v) is 12.7. The number of hydrogen-bond acceptors (Lipinski definition) is 3. The number of likely N-dealkylation sites (N-methyl/N-ethyl adjacent to an activating group) is 1. The van der Waals surface area contributed by atoms with Crippen molar-refractivity contribution in [2.75, 3.05) is 13.6 Å². The van der Waals surface area contributed by atoms with Crippen molar-refractivity contribution < 1.29 is 9.53 Å². The van der Waals surface area contributed by atoms with Crippen LogP contribution in [0.5, 0.6) is 0 Å². The third-order valence-electron chi connectivity index (χ3n) is 8.29. The summed E-state index contributed by atoms with van der Waals surface area (Å²) in [5, 5.41) is 1.42. The van der Waals surface area contributed by atoms with E-state index in [1.807, 2.05) is 0 Å². The van der Waals surface area contributed by atoms with E-state index in [1.165, 1.54) is 46.9 Å². The van der Waals surface area contributed by atoms with E-state index in [0.717, 1.165) is 38.8 Å². The molecule has 1 saturated heterocycles.